The molecule has 1 amide bonds. The number of ether oxygens (including phenoxy) is 2. The molecular weight excluding hydrogens is 387 g/mol. The third-order valence-corrected chi connectivity index (χ3v) is 4.14. The Balaban J connectivity index is 0. The zero-order chi connectivity index (χ0) is 23.0. The minimum absolute atomic E-state index is 0.0366. The molecule has 8 heteroatoms. The van der Waals surface area contributed by atoms with Crippen LogP contribution >= 0.6 is 9.24 Å². The molecule has 174 valence electrons. The summed E-state index contributed by atoms with van der Waals surface area (Å²) in [5, 5.41) is 1.53. The molecule has 0 aliphatic heterocycles. The van der Waals surface area contributed by atoms with E-state index in [1.165, 1.54) is 5.01 Å². The Morgan fingerprint density at radius 3 is 2.28 bits per heavy atom. The maximum atomic E-state index is 10.7. The highest BCUT2D eigenvalue weighted by Crippen LogP contribution is 2.23. The molecule has 7 nitrogen and oxygen atoms in total. The van der Waals surface area contributed by atoms with Crippen molar-refractivity contribution in [2.45, 2.75) is 84.8 Å². The fourth-order valence-corrected chi connectivity index (χ4v) is 2.62. The molecule has 1 rings (SSSR count). The van der Waals surface area contributed by atoms with Gasteiger partial charge in [-0.25, -0.2) is 5.84 Å². The maximum absolute atomic E-state index is 10.7. The van der Waals surface area contributed by atoms with Crippen molar-refractivity contribution < 1.29 is 14.3 Å². The van der Waals surface area contributed by atoms with Gasteiger partial charge in [-0.15, -0.1) is 9.24 Å². The lowest BCUT2D eigenvalue weighted by Crippen LogP contribution is -2.35. The quantitative estimate of drug-likeness (QED) is 0.322. The van der Waals surface area contributed by atoms with Crippen LogP contribution in [0.25, 0.3) is 0 Å². The van der Waals surface area contributed by atoms with Crippen molar-refractivity contribution in [2.24, 2.45) is 23.2 Å². The van der Waals surface area contributed by atoms with E-state index in [4.69, 9.17) is 26.8 Å². The highest BCUT2D eigenvalue weighted by atomic mass is 31.0. The lowest BCUT2D eigenvalue weighted by molar-refractivity contribution is -0.124. The summed E-state index contributed by atoms with van der Waals surface area (Å²) < 4.78 is 11.0. The van der Waals surface area contributed by atoms with E-state index in [1.807, 2.05) is 6.66 Å². The maximum Gasteiger partial charge on any atom is 0.243 e. The SMILES string of the molecule is CC(C)CCOC(C)(C)C.CN(N)/C1=C(\N)C(OCC(N)=O)CCCCC1.CP. The largest absolute Gasteiger partial charge is 0.398 e. The van der Waals surface area contributed by atoms with Gasteiger partial charge in [0.2, 0.25) is 5.91 Å². The van der Waals surface area contributed by atoms with E-state index in [0.29, 0.717) is 5.70 Å². The van der Waals surface area contributed by atoms with Crippen LogP contribution in [0.15, 0.2) is 11.4 Å². The van der Waals surface area contributed by atoms with E-state index in [-0.39, 0.29) is 18.3 Å². The zero-order valence-electron chi connectivity index (χ0n) is 19.8. The number of rotatable bonds is 7. The molecule has 0 radical (unpaired) electrons. The Hall–Kier alpha value is -0.880. The molecule has 0 aromatic carbocycles. The van der Waals surface area contributed by atoms with E-state index in [9.17, 15) is 4.79 Å². The molecule has 0 aromatic rings. The number of amides is 1. The standard InChI is InChI=1S/C11H22N4O2.C9H20O.CH5P/c1-15(14)8-5-3-2-4-6-9(11(8)13)17-7-10(12)16;1-8(2)6-7-10-9(3,4)5;1-2/h9H,2-7,13-14H2,1H3,(H2,12,16);8H,6-7H2,1-5H3;2H2,1H3/b11-8-;;. The molecule has 0 bridgehead atoms. The summed E-state index contributed by atoms with van der Waals surface area (Å²) in [5.74, 6) is 6.01. The van der Waals surface area contributed by atoms with Crippen LogP contribution in [0, 0.1) is 5.92 Å². The summed E-state index contributed by atoms with van der Waals surface area (Å²) in [6.07, 6.45) is 5.76. The monoisotopic (exact) mass is 434 g/mol. The van der Waals surface area contributed by atoms with Crippen LogP contribution in [0.5, 0.6) is 0 Å². The van der Waals surface area contributed by atoms with Crippen LogP contribution in [0.4, 0.5) is 0 Å². The first-order valence-corrected chi connectivity index (χ1v) is 11.7. The summed E-state index contributed by atoms with van der Waals surface area (Å²) >= 11 is 0. The summed E-state index contributed by atoms with van der Waals surface area (Å²) in [7, 11) is 4.18. The first-order chi connectivity index (χ1) is 13.4. The number of hydrogen-bond acceptors (Lipinski definition) is 6. The summed E-state index contributed by atoms with van der Waals surface area (Å²) in [6.45, 7) is 13.4. The third-order valence-electron chi connectivity index (χ3n) is 4.14. The van der Waals surface area contributed by atoms with Crippen molar-refractivity contribution in [3.8, 4) is 0 Å². The molecule has 0 saturated heterocycles. The Morgan fingerprint density at radius 2 is 1.83 bits per heavy atom. The van der Waals surface area contributed by atoms with Gasteiger partial charge in [-0.2, -0.15) is 0 Å². The second kappa shape index (κ2) is 16.9. The molecule has 2 atom stereocenters. The zero-order valence-corrected chi connectivity index (χ0v) is 20.9. The van der Waals surface area contributed by atoms with Crippen LogP contribution in [-0.4, -0.2) is 49.5 Å². The van der Waals surface area contributed by atoms with Gasteiger partial charge in [-0.1, -0.05) is 33.4 Å². The highest BCUT2D eigenvalue weighted by Gasteiger charge is 2.20. The van der Waals surface area contributed by atoms with E-state index >= 15 is 0 Å². The summed E-state index contributed by atoms with van der Waals surface area (Å²) in [6, 6.07) is 0. The molecule has 29 heavy (non-hydrogen) atoms. The second-order valence-electron chi connectivity index (χ2n) is 8.52. The lowest BCUT2D eigenvalue weighted by Gasteiger charge is -2.27. The minimum atomic E-state index is -0.484. The number of carbonyl (C=O) groups is 1. The Morgan fingerprint density at radius 1 is 1.24 bits per heavy atom. The van der Waals surface area contributed by atoms with Gasteiger partial charge < -0.3 is 25.9 Å². The Kier molecular flexibility index (Phi) is 17.6. The van der Waals surface area contributed by atoms with Crippen molar-refractivity contribution in [3.63, 3.8) is 0 Å². The van der Waals surface area contributed by atoms with Gasteiger partial charge in [-0.3, -0.25) is 4.79 Å². The predicted molar refractivity (Wildman–Crippen MR) is 126 cm³/mol. The number of allylic oxidation sites excluding steroid dienone is 1. The van der Waals surface area contributed by atoms with Crippen molar-refractivity contribution in [2.75, 3.05) is 26.9 Å². The molecule has 0 saturated carbocycles. The third kappa shape index (κ3) is 17.7. The Bertz CT molecular complexity index is 463. The normalized spacial score (nSPS) is 19.9. The van der Waals surface area contributed by atoms with Crippen molar-refractivity contribution in [3.05, 3.63) is 11.4 Å². The van der Waals surface area contributed by atoms with Gasteiger partial charge in [0.15, 0.2) is 0 Å². The van der Waals surface area contributed by atoms with Crippen molar-refractivity contribution in [1.82, 2.24) is 5.01 Å². The number of hydrazine groups is 1. The predicted octanol–water partition coefficient (Wildman–Crippen LogP) is 3.14. The molecule has 0 aromatic heterocycles. The van der Waals surface area contributed by atoms with E-state index < -0.39 is 5.91 Å². The average Bonchev–Trinajstić information content (AvgIpc) is 2.58. The molecular formula is C21H47N4O3P. The highest BCUT2D eigenvalue weighted by molar-refractivity contribution is 7.15. The molecule has 0 fully saturated rings. The van der Waals surface area contributed by atoms with Gasteiger partial charge in [0, 0.05) is 13.7 Å². The average molecular weight is 435 g/mol. The topological polar surface area (TPSA) is 117 Å². The number of primary amides is 1. The molecule has 6 N–H and O–H groups in total. The fraction of sp³-hybridized carbons (Fsp3) is 0.857. The first-order valence-electron chi connectivity index (χ1n) is 10.5. The van der Waals surface area contributed by atoms with Crippen LogP contribution in [0.3, 0.4) is 0 Å². The smallest absolute Gasteiger partial charge is 0.243 e. The molecule has 1 aliphatic rings. The van der Waals surface area contributed by atoms with Crippen LogP contribution < -0.4 is 17.3 Å². The number of carbonyl (C=O) groups excluding carboxylic acids is 1. The van der Waals surface area contributed by atoms with Gasteiger partial charge in [-0.05, 0) is 52.4 Å². The van der Waals surface area contributed by atoms with Crippen LogP contribution in [0.1, 0.15) is 73.1 Å². The van der Waals surface area contributed by atoms with E-state index in [2.05, 4.69) is 43.9 Å². The molecule has 1 aliphatic carbocycles. The van der Waals surface area contributed by atoms with Crippen LogP contribution in [0.2, 0.25) is 0 Å². The number of nitrogens with zero attached hydrogens (tertiary/aromatic N) is 1. The molecule has 0 heterocycles. The van der Waals surface area contributed by atoms with Gasteiger partial charge >= 0.3 is 0 Å². The second-order valence-corrected chi connectivity index (χ2v) is 8.52. The first kappa shape index (κ1) is 30.3. The lowest BCUT2D eigenvalue weighted by atomic mass is 9.99. The number of hydrogen-bond donors (Lipinski definition) is 3. The molecule has 0 spiro atoms. The van der Waals surface area contributed by atoms with Gasteiger partial charge in [0.05, 0.1) is 23.1 Å². The number of nitrogens with two attached hydrogens (primary N) is 3. The van der Waals surface area contributed by atoms with Gasteiger partial charge in [0.1, 0.15) is 6.61 Å². The summed E-state index contributed by atoms with van der Waals surface area (Å²) in [4.78, 5) is 10.7. The van der Waals surface area contributed by atoms with Crippen molar-refractivity contribution >= 4 is 15.1 Å². The van der Waals surface area contributed by atoms with Gasteiger partial charge in [0.25, 0.3) is 0 Å². The van der Waals surface area contributed by atoms with E-state index in [0.717, 1.165) is 56.7 Å². The fourth-order valence-electron chi connectivity index (χ4n) is 2.62. The summed E-state index contributed by atoms with van der Waals surface area (Å²) in [5.41, 5.74) is 12.7. The van der Waals surface area contributed by atoms with E-state index in [1.54, 1.807) is 7.05 Å². The van der Waals surface area contributed by atoms with Crippen molar-refractivity contribution in [1.29, 1.82) is 0 Å². The van der Waals surface area contributed by atoms with Crippen LogP contribution in [-0.2, 0) is 14.3 Å². The minimum Gasteiger partial charge on any atom is -0.398 e. The molecule has 2 unspecified atom stereocenters. The Labute approximate surface area is 181 Å².